The van der Waals surface area contributed by atoms with Crippen LogP contribution in [0.25, 0.3) is 11.4 Å². The van der Waals surface area contributed by atoms with Crippen LogP contribution in [0.4, 0.5) is 5.69 Å². The highest BCUT2D eigenvalue weighted by molar-refractivity contribution is 5.91. The van der Waals surface area contributed by atoms with Crippen LogP contribution in [0.3, 0.4) is 0 Å². The molecule has 0 bridgehead atoms. The maximum atomic E-state index is 12.1. The second-order valence-corrected chi connectivity index (χ2v) is 5.50. The molecule has 0 saturated carbocycles. The van der Waals surface area contributed by atoms with Crippen LogP contribution in [0.1, 0.15) is 12.3 Å². The largest absolute Gasteiger partial charge is 0.493 e. The Hall–Kier alpha value is -3.35. The summed E-state index contributed by atoms with van der Waals surface area (Å²) < 4.78 is 15.6. The highest BCUT2D eigenvalue weighted by atomic mass is 16.5. The zero-order valence-electron chi connectivity index (χ0n) is 14.6. The molecular formula is C19H19N3O4. The van der Waals surface area contributed by atoms with Gasteiger partial charge in [0.2, 0.25) is 17.6 Å². The summed E-state index contributed by atoms with van der Waals surface area (Å²) in [5, 5.41) is 6.75. The van der Waals surface area contributed by atoms with E-state index in [2.05, 4.69) is 15.5 Å². The summed E-state index contributed by atoms with van der Waals surface area (Å²) in [6.07, 6.45) is 0.587. The Balaban J connectivity index is 1.57. The fourth-order valence-corrected chi connectivity index (χ4v) is 2.42. The minimum Gasteiger partial charge on any atom is -0.493 e. The summed E-state index contributed by atoms with van der Waals surface area (Å²) in [6, 6.07) is 14.7. The Morgan fingerprint density at radius 1 is 1.08 bits per heavy atom. The molecule has 0 aliphatic carbocycles. The van der Waals surface area contributed by atoms with Gasteiger partial charge in [0.15, 0.2) is 11.5 Å². The predicted molar refractivity (Wildman–Crippen MR) is 96.2 cm³/mol. The molecule has 2 aromatic carbocycles. The first-order valence-electron chi connectivity index (χ1n) is 8.09. The van der Waals surface area contributed by atoms with Gasteiger partial charge in [0, 0.05) is 30.2 Å². The van der Waals surface area contributed by atoms with Gasteiger partial charge in [-0.05, 0) is 12.1 Å². The van der Waals surface area contributed by atoms with E-state index in [0.717, 1.165) is 5.56 Å². The summed E-state index contributed by atoms with van der Waals surface area (Å²) in [5.74, 6) is 1.93. The van der Waals surface area contributed by atoms with Crippen LogP contribution in [0.5, 0.6) is 11.5 Å². The average molecular weight is 353 g/mol. The Bertz CT molecular complexity index is 878. The molecule has 0 aliphatic rings. The van der Waals surface area contributed by atoms with Gasteiger partial charge in [0.25, 0.3) is 0 Å². The molecule has 3 aromatic rings. The summed E-state index contributed by atoms with van der Waals surface area (Å²) in [6.45, 7) is 0. The number of nitrogens with zero attached hydrogens (tertiary/aromatic N) is 2. The van der Waals surface area contributed by atoms with Gasteiger partial charge in [-0.2, -0.15) is 4.98 Å². The first-order valence-corrected chi connectivity index (χ1v) is 8.09. The molecule has 1 N–H and O–H groups in total. The maximum absolute atomic E-state index is 12.1. The summed E-state index contributed by atoms with van der Waals surface area (Å²) in [7, 11) is 3.10. The molecule has 0 fully saturated rings. The number of methoxy groups -OCH3 is 2. The minimum absolute atomic E-state index is 0.156. The number of nitrogens with one attached hydrogen (secondary N) is 1. The van der Waals surface area contributed by atoms with Crippen LogP contribution < -0.4 is 14.8 Å². The van der Waals surface area contributed by atoms with E-state index in [1.54, 1.807) is 32.4 Å². The third-order valence-electron chi connectivity index (χ3n) is 3.73. The lowest BCUT2D eigenvalue weighted by molar-refractivity contribution is -0.116. The van der Waals surface area contributed by atoms with Gasteiger partial charge in [-0.1, -0.05) is 35.5 Å². The smallest absolute Gasteiger partial charge is 0.227 e. The number of carbonyl (C=O) groups is 1. The molecule has 0 spiro atoms. The first kappa shape index (κ1) is 17.5. The van der Waals surface area contributed by atoms with Crippen molar-refractivity contribution in [1.29, 1.82) is 0 Å². The average Bonchev–Trinajstić information content (AvgIpc) is 3.16. The first-order chi connectivity index (χ1) is 12.7. The highest BCUT2D eigenvalue weighted by Crippen LogP contribution is 2.29. The monoisotopic (exact) mass is 353 g/mol. The van der Waals surface area contributed by atoms with Crippen LogP contribution >= 0.6 is 0 Å². The van der Waals surface area contributed by atoms with Crippen molar-refractivity contribution in [2.24, 2.45) is 0 Å². The molecule has 1 heterocycles. The van der Waals surface area contributed by atoms with Crippen LogP contribution in [0, 0.1) is 0 Å². The van der Waals surface area contributed by atoms with Crippen LogP contribution in [0.15, 0.2) is 53.1 Å². The van der Waals surface area contributed by atoms with Crippen molar-refractivity contribution in [2.75, 3.05) is 19.5 Å². The zero-order valence-corrected chi connectivity index (χ0v) is 14.6. The Labute approximate surface area is 150 Å². The SMILES string of the molecule is COc1ccc(NC(=O)CCc2nc(-c3ccccc3)no2)cc1OC. The van der Waals surface area contributed by atoms with Crippen molar-refractivity contribution in [1.82, 2.24) is 10.1 Å². The highest BCUT2D eigenvalue weighted by Gasteiger charge is 2.12. The predicted octanol–water partition coefficient (Wildman–Crippen LogP) is 3.33. The summed E-state index contributed by atoms with van der Waals surface area (Å²) in [5.41, 5.74) is 1.50. The van der Waals surface area contributed by atoms with E-state index in [0.29, 0.717) is 35.3 Å². The molecule has 3 rings (SSSR count). The molecule has 0 saturated heterocycles. The molecule has 7 heteroatoms. The minimum atomic E-state index is -0.156. The quantitative estimate of drug-likeness (QED) is 0.701. The fraction of sp³-hybridized carbons (Fsp3) is 0.211. The number of aromatic nitrogens is 2. The van der Waals surface area contributed by atoms with E-state index in [1.165, 1.54) is 0 Å². The van der Waals surface area contributed by atoms with Crippen molar-refractivity contribution < 1.29 is 18.8 Å². The van der Waals surface area contributed by atoms with Gasteiger partial charge in [-0.25, -0.2) is 0 Å². The lowest BCUT2D eigenvalue weighted by atomic mass is 10.2. The standard InChI is InChI=1S/C19H19N3O4/c1-24-15-9-8-14(12-16(15)25-2)20-17(23)10-11-18-21-19(22-26-18)13-6-4-3-5-7-13/h3-9,12H,10-11H2,1-2H3,(H,20,23). The third-order valence-corrected chi connectivity index (χ3v) is 3.73. The fourth-order valence-electron chi connectivity index (χ4n) is 2.42. The third kappa shape index (κ3) is 4.18. The van der Waals surface area contributed by atoms with E-state index in [-0.39, 0.29) is 12.3 Å². The van der Waals surface area contributed by atoms with E-state index >= 15 is 0 Å². The number of benzene rings is 2. The molecule has 0 radical (unpaired) electrons. The van der Waals surface area contributed by atoms with Gasteiger partial charge in [-0.15, -0.1) is 0 Å². The van der Waals surface area contributed by atoms with E-state index in [9.17, 15) is 4.79 Å². The van der Waals surface area contributed by atoms with E-state index in [1.807, 2.05) is 30.3 Å². The van der Waals surface area contributed by atoms with Crippen molar-refractivity contribution >= 4 is 11.6 Å². The molecule has 0 unspecified atom stereocenters. The van der Waals surface area contributed by atoms with Gasteiger partial charge in [0.05, 0.1) is 14.2 Å². The zero-order chi connectivity index (χ0) is 18.4. The van der Waals surface area contributed by atoms with E-state index in [4.69, 9.17) is 14.0 Å². The van der Waals surface area contributed by atoms with Gasteiger partial charge in [-0.3, -0.25) is 4.79 Å². The molecule has 7 nitrogen and oxygen atoms in total. The van der Waals surface area contributed by atoms with Gasteiger partial charge in [0.1, 0.15) is 0 Å². The van der Waals surface area contributed by atoms with Gasteiger partial charge < -0.3 is 19.3 Å². The Morgan fingerprint density at radius 3 is 2.58 bits per heavy atom. The van der Waals surface area contributed by atoms with E-state index < -0.39 is 0 Å². The number of hydrogen-bond acceptors (Lipinski definition) is 6. The molecule has 0 atom stereocenters. The van der Waals surface area contributed by atoms with Crippen LogP contribution in [0.2, 0.25) is 0 Å². The molecule has 134 valence electrons. The van der Waals surface area contributed by atoms with Crippen molar-refractivity contribution in [2.45, 2.75) is 12.8 Å². The molecule has 1 aromatic heterocycles. The molecule has 1 amide bonds. The molecule has 0 aliphatic heterocycles. The summed E-state index contributed by atoms with van der Waals surface area (Å²) >= 11 is 0. The van der Waals surface area contributed by atoms with Crippen molar-refractivity contribution in [3.8, 4) is 22.9 Å². The number of amides is 1. The number of ether oxygens (including phenoxy) is 2. The summed E-state index contributed by atoms with van der Waals surface area (Å²) in [4.78, 5) is 16.5. The second-order valence-electron chi connectivity index (χ2n) is 5.50. The normalized spacial score (nSPS) is 10.4. The number of aryl methyl sites for hydroxylation is 1. The lowest BCUT2D eigenvalue weighted by Crippen LogP contribution is -2.12. The Morgan fingerprint density at radius 2 is 1.85 bits per heavy atom. The maximum Gasteiger partial charge on any atom is 0.227 e. The number of carbonyl (C=O) groups excluding carboxylic acids is 1. The molecule has 26 heavy (non-hydrogen) atoms. The van der Waals surface area contributed by atoms with Crippen LogP contribution in [-0.4, -0.2) is 30.3 Å². The second kappa shape index (κ2) is 8.15. The molecular weight excluding hydrogens is 334 g/mol. The van der Waals surface area contributed by atoms with Crippen molar-refractivity contribution in [3.63, 3.8) is 0 Å². The number of rotatable bonds is 7. The number of hydrogen-bond donors (Lipinski definition) is 1. The van der Waals surface area contributed by atoms with Gasteiger partial charge >= 0.3 is 0 Å². The topological polar surface area (TPSA) is 86.5 Å². The Kier molecular flexibility index (Phi) is 5.48. The van der Waals surface area contributed by atoms with Crippen LogP contribution in [-0.2, 0) is 11.2 Å². The lowest BCUT2D eigenvalue weighted by Gasteiger charge is -2.10. The number of anilines is 1. The van der Waals surface area contributed by atoms with Crippen molar-refractivity contribution in [3.05, 3.63) is 54.4 Å².